The van der Waals surface area contributed by atoms with E-state index in [2.05, 4.69) is 31.5 Å². The van der Waals surface area contributed by atoms with Crippen molar-refractivity contribution in [1.29, 1.82) is 0 Å². The summed E-state index contributed by atoms with van der Waals surface area (Å²) in [6, 6.07) is 10.7. The molecule has 6 heteroatoms. The number of carbonyl (C=O) groups is 1. The summed E-state index contributed by atoms with van der Waals surface area (Å²) in [4.78, 5) is 16.2. The minimum absolute atomic E-state index is 0.147. The number of pyridine rings is 1. The lowest BCUT2D eigenvalue weighted by Gasteiger charge is -2.07. The van der Waals surface area contributed by atoms with E-state index in [1.54, 1.807) is 30.5 Å². The first-order valence-electron chi connectivity index (χ1n) is 6.57. The van der Waals surface area contributed by atoms with Crippen molar-refractivity contribution >= 4 is 33.3 Å². The molecule has 0 radical (unpaired) electrons. The van der Waals surface area contributed by atoms with Crippen LogP contribution >= 0.6 is 15.9 Å². The van der Waals surface area contributed by atoms with Crippen LogP contribution in [0.3, 0.4) is 0 Å². The summed E-state index contributed by atoms with van der Waals surface area (Å²) in [5.41, 5.74) is 1.22. The quantitative estimate of drug-likeness (QED) is 0.701. The highest BCUT2D eigenvalue weighted by Crippen LogP contribution is 2.14. The van der Waals surface area contributed by atoms with Gasteiger partial charge in [0.05, 0.1) is 11.9 Å². The maximum Gasteiger partial charge on any atom is 0.255 e. The molecule has 0 bridgehead atoms. The number of anilines is 2. The maximum atomic E-state index is 12.0. The van der Waals surface area contributed by atoms with E-state index in [0.29, 0.717) is 30.0 Å². The Morgan fingerprint density at radius 1 is 1.19 bits per heavy atom. The van der Waals surface area contributed by atoms with E-state index in [9.17, 15) is 4.79 Å². The molecule has 2 aromatic rings. The van der Waals surface area contributed by atoms with Crippen molar-refractivity contribution in [3.05, 3.63) is 52.6 Å². The molecular formula is C15H16BrN3O2. The van der Waals surface area contributed by atoms with Gasteiger partial charge in [-0.3, -0.25) is 4.79 Å². The number of rotatable bonds is 6. The number of benzene rings is 1. The number of hydrogen-bond acceptors (Lipinski definition) is 4. The van der Waals surface area contributed by atoms with Crippen LogP contribution in [0.25, 0.3) is 0 Å². The second kappa shape index (κ2) is 7.75. The number of amides is 1. The van der Waals surface area contributed by atoms with Crippen LogP contribution in [-0.2, 0) is 0 Å². The minimum atomic E-state index is -0.176. The van der Waals surface area contributed by atoms with Crippen molar-refractivity contribution in [3.63, 3.8) is 0 Å². The predicted molar refractivity (Wildman–Crippen MR) is 86.5 cm³/mol. The van der Waals surface area contributed by atoms with Crippen LogP contribution in [0, 0.1) is 0 Å². The fraction of sp³-hybridized carbons (Fsp3) is 0.200. The standard InChI is InChI=1S/C15H16BrN3O2/c16-12-4-2-11(3-5-12)15(21)19-13-6-7-14(18-10-13)17-8-1-9-20/h2-7,10,20H,1,8-9H2,(H,17,18)(H,19,21). The Balaban J connectivity index is 1.93. The lowest BCUT2D eigenvalue weighted by Crippen LogP contribution is -2.12. The number of aliphatic hydroxyl groups excluding tert-OH is 1. The molecule has 0 fully saturated rings. The van der Waals surface area contributed by atoms with Crippen LogP contribution in [0.5, 0.6) is 0 Å². The number of hydrogen-bond donors (Lipinski definition) is 3. The van der Waals surface area contributed by atoms with Crippen molar-refractivity contribution in [3.8, 4) is 0 Å². The smallest absolute Gasteiger partial charge is 0.255 e. The first-order valence-corrected chi connectivity index (χ1v) is 7.36. The van der Waals surface area contributed by atoms with Gasteiger partial charge in [-0.1, -0.05) is 15.9 Å². The molecule has 1 aromatic heterocycles. The number of aliphatic hydroxyl groups is 1. The topological polar surface area (TPSA) is 74.2 Å². The molecule has 1 heterocycles. The average molecular weight is 350 g/mol. The fourth-order valence-electron chi connectivity index (χ4n) is 1.67. The second-order valence-electron chi connectivity index (χ2n) is 4.40. The van der Waals surface area contributed by atoms with Gasteiger partial charge >= 0.3 is 0 Å². The number of aromatic nitrogens is 1. The summed E-state index contributed by atoms with van der Waals surface area (Å²) in [6.07, 6.45) is 2.27. The number of halogens is 1. The fourth-order valence-corrected chi connectivity index (χ4v) is 1.94. The Morgan fingerprint density at radius 3 is 2.57 bits per heavy atom. The molecule has 0 saturated heterocycles. The third kappa shape index (κ3) is 4.84. The molecule has 5 nitrogen and oxygen atoms in total. The van der Waals surface area contributed by atoms with Crippen LogP contribution in [0.1, 0.15) is 16.8 Å². The zero-order chi connectivity index (χ0) is 15.1. The summed E-state index contributed by atoms with van der Waals surface area (Å²) < 4.78 is 0.930. The van der Waals surface area contributed by atoms with Crippen molar-refractivity contribution in [1.82, 2.24) is 4.98 Å². The summed E-state index contributed by atoms with van der Waals surface area (Å²) >= 11 is 3.33. The molecule has 0 aliphatic heterocycles. The molecule has 0 unspecified atom stereocenters. The summed E-state index contributed by atoms with van der Waals surface area (Å²) in [6.45, 7) is 0.808. The van der Waals surface area contributed by atoms with Crippen LogP contribution < -0.4 is 10.6 Å². The highest BCUT2D eigenvalue weighted by molar-refractivity contribution is 9.10. The van der Waals surface area contributed by atoms with Gasteiger partial charge in [-0.05, 0) is 42.8 Å². The van der Waals surface area contributed by atoms with E-state index < -0.39 is 0 Å². The van der Waals surface area contributed by atoms with Gasteiger partial charge < -0.3 is 15.7 Å². The molecule has 0 spiro atoms. The lowest BCUT2D eigenvalue weighted by atomic mass is 10.2. The normalized spacial score (nSPS) is 10.2. The third-order valence-corrected chi connectivity index (χ3v) is 3.30. The molecule has 1 amide bonds. The molecular weight excluding hydrogens is 334 g/mol. The van der Waals surface area contributed by atoms with Gasteiger partial charge in [-0.25, -0.2) is 4.98 Å². The Bertz CT molecular complexity index is 585. The number of nitrogens with zero attached hydrogens (tertiary/aromatic N) is 1. The van der Waals surface area contributed by atoms with Crippen molar-refractivity contribution in [2.75, 3.05) is 23.8 Å². The first-order chi connectivity index (χ1) is 10.2. The highest BCUT2D eigenvalue weighted by atomic mass is 79.9. The second-order valence-corrected chi connectivity index (χ2v) is 5.31. The van der Waals surface area contributed by atoms with E-state index in [1.807, 2.05) is 12.1 Å². The van der Waals surface area contributed by atoms with E-state index in [1.165, 1.54) is 0 Å². The molecule has 1 aromatic carbocycles. The van der Waals surface area contributed by atoms with E-state index in [4.69, 9.17) is 5.11 Å². The Hall–Kier alpha value is -1.92. The van der Waals surface area contributed by atoms with Gasteiger partial charge in [0, 0.05) is 23.2 Å². The number of nitrogens with one attached hydrogen (secondary N) is 2. The van der Waals surface area contributed by atoms with Gasteiger partial charge in [0.25, 0.3) is 5.91 Å². The highest BCUT2D eigenvalue weighted by Gasteiger charge is 2.06. The van der Waals surface area contributed by atoms with Gasteiger partial charge in [-0.15, -0.1) is 0 Å². The molecule has 3 N–H and O–H groups in total. The largest absolute Gasteiger partial charge is 0.396 e. The Morgan fingerprint density at radius 2 is 1.95 bits per heavy atom. The lowest BCUT2D eigenvalue weighted by molar-refractivity contribution is 0.102. The molecule has 0 saturated carbocycles. The molecule has 21 heavy (non-hydrogen) atoms. The van der Waals surface area contributed by atoms with Gasteiger partial charge in [0.15, 0.2) is 0 Å². The summed E-state index contributed by atoms with van der Waals surface area (Å²) in [5, 5.41) is 14.6. The van der Waals surface area contributed by atoms with Gasteiger partial charge in [-0.2, -0.15) is 0 Å². The van der Waals surface area contributed by atoms with E-state index in [-0.39, 0.29) is 12.5 Å². The van der Waals surface area contributed by atoms with Gasteiger partial charge in [0.1, 0.15) is 5.82 Å². The number of carbonyl (C=O) groups excluding carboxylic acids is 1. The zero-order valence-electron chi connectivity index (χ0n) is 11.3. The van der Waals surface area contributed by atoms with Crippen molar-refractivity contribution < 1.29 is 9.90 Å². The summed E-state index contributed by atoms with van der Waals surface area (Å²) in [7, 11) is 0. The SMILES string of the molecule is O=C(Nc1ccc(NCCCO)nc1)c1ccc(Br)cc1. The van der Waals surface area contributed by atoms with E-state index >= 15 is 0 Å². The molecule has 0 aliphatic carbocycles. The van der Waals surface area contributed by atoms with E-state index in [0.717, 1.165) is 4.47 Å². The first kappa shape index (κ1) is 15.5. The molecule has 2 rings (SSSR count). The zero-order valence-corrected chi connectivity index (χ0v) is 12.9. The summed E-state index contributed by atoms with van der Waals surface area (Å²) in [5.74, 6) is 0.537. The Labute approximate surface area is 131 Å². The van der Waals surface area contributed by atoms with Gasteiger partial charge in [0.2, 0.25) is 0 Å². The molecule has 110 valence electrons. The van der Waals surface area contributed by atoms with Crippen LogP contribution in [0.4, 0.5) is 11.5 Å². The third-order valence-electron chi connectivity index (χ3n) is 2.77. The molecule has 0 atom stereocenters. The predicted octanol–water partition coefficient (Wildman–Crippen LogP) is 2.89. The minimum Gasteiger partial charge on any atom is -0.396 e. The monoisotopic (exact) mass is 349 g/mol. The van der Waals surface area contributed by atoms with Crippen molar-refractivity contribution in [2.24, 2.45) is 0 Å². The van der Waals surface area contributed by atoms with Crippen LogP contribution in [0.15, 0.2) is 47.1 Å². The van der Waals surface area contributed by atoms with Crippen LogP contribution in [0.2, 0.25) is 0 Å². The Kier molecular flexibility index (Phi) is 5.71. The molecule has 0 aliphatic rings. The van der Waals surface area contributed by atoms with Crippen molar-refractivity contribution in [2.45, 2.75) is 6.42 Å². The maximum absolute atomic E-state index is 12.0. The van der Waals surface area contributed by atoms with Crippen LogP contribution in [-0.4, -0.2) is 29.1 Å². The average Bonchev–Trinajstić information content (AvgIpc) is 2.50.